The topological polar surface area (TPSA) is 102 Å². The number of carbonyl (C=O) groups is 1. The molecule has 0 amide bonds. The Morgan fingerprint density at radius 2 is 2.04 bits per heavy atom. The van der Waals surface area contributed by atoms with Crippen LogP contribution in [0.5, 0.6) is 5.75 Å². The number of nitrogens with one attached hydrogen (secondary N) is 1. The van der Waals surface area contributed by atoms with Gasteiger partial charge in [-0.15, -0.1) is 0 Å². The summed E-state index contributed by atoms with van der Waals surface area (Å²) in [6, 6.07) is 3.26. The van der Waals surface area contributed by atoms with Crippen LogP contribution in [0.3, 0.4) is 0 Å². The zero-order valence-corrected chi connectivity index (χ0v) is 14.5. The second kappa shape index (κ2) is 7.16. The molecular formula is C15H16F3NO6S. The first-order chi connectivity index (χ1) is 11.9. The molecule has 0 aromatic heterocycles. The summed E-state index contributed by atoms with van der Waals surface area (Å²) in [5.41, 5.74) is -0.0471. The monoisotopic (exact) mass is 395 g/mol. The molecule has 0 saturated heterocycles. The number of halogens is 3. The van der Waals surface area contributed by atoms with Crippen molar-refractivity contribution in [1.29, 1.82) is 0 Å². The molecule has 0 saturated carbocycles. The van der Waals surface area contributed by atoms with E-state index >= 15 is 0 Å². The van der Waals surface area contributed by atoms with E-state index in [2.05, 4.69) is 9.46 Å². The molecule has 1 aliphatic heterocycles. The van der Waals surface area contributed by atoms with Crippen LogP contribution in [0.2, 0.25) is 0 Å². The fourth-order valence-corrected chi connectivity index (χ4v) is 3.35. The molecule has 0 fully saturated rings. The summed E-state index contributed by atoms with van der Waals surface area (Å²) in [5.74, 6) is -1.19. The van der Waals surface area contributed by atoms with E-state index in [9.17, 15) is 26.4 Å². The maximum atomic E-state index is 13.0. The fourth-order valence-electron chi connectivity index (χ4n) is 2.10. The van der Waals surface area contributed by atoms with Crippen LogP contribution in [0, 0.1) is 5.92 Å². The smallest absolute Gasteiger partial charge is 0.472 e. The number of fused-ring (bicyclic) bond motifs is 1. The quantitative estimate of drug-likeness (QED) is 0.744. The first-order valence-corrected chi connectivity index (χ1v) is 8.88. The van der Waals surface area contributed by atoms with Crippen molar-refractivity contribution in [1.82, 2.24) is 4.72 Å². The van der Waals surface area contributed by atoms with Crippen LogP contribution < -0.4 is 9.46 Å². The standard InChI is InChI=1S/C15H16F3NO6S/c1-8(2)7-19-26(22,23)10-3-4-11-9(5-10)6-12(25-14(20)21)13(24-11)15(16,17)18/h3-6,8,13,19H,7H2,1-2H3,(H,20,21). The Kier molecular flexibility index (Phi) is 5.52. The molecule has 1 aliphatic rings. The van der Waals surface area contributed by atoms with Crippen LogP contribution in [0.15, 0.2) is 28.9 Å². The molecule has 2 N–H and O–H groups in total. The van der Waals surface area contributed by atoms with E-state index in [-0.39, 0.29) is 28.7 Å². The Bertz CT molecular complexity index is 832. The van der Waals surface area contributed by atoms with E-state index < -0.39 is 34.2 Å². The molecule has 11 heteroatoms. The maximum absolute atomic E-state index is 13.0. The molecule has 1 atom stereocenters. The maximum Gasteiger partial charge on any atom is 0.511 e. The van der Waals surface area contributed by atoms with Crippen LogP contribution in [-0.2, 0) is 14.8 Å². The largest absolute Gasteiger partial charge is 0.511 e. The molecule has 26 heavy (non-hydrogen) atoms. The SMILES string of the molecule is CC(C)CNS(=O)(=O)c1ccc2c(c1)C=C(OC(=O)O)C(C(F)(F)F)O2. The van der Waals surface area contributed by atoms with Gasteiger partial charge in [-0.05, 0) is 30.2 Å². The molecule has 0 radical (unpaired) electrons. The molecule has 0 bridgehead atoms. The van der Waals surface area contributed by atoms with Crippen molar-refractivity contribution in [2.24, 2.45) is 5.92 Å². The van der Waals surface area contributed by atoms with Crippen molar-refractivity contribution in [2.45, 2.75) is 31.0 Å². The average molecular weight is 395 g/mol. The van der Waals surface area contributed by atoms with Gasteiger partial charge in [0.05, 0.1) is 4.90 Å². The third kappa shape index (κ3) is 4.67. The summed E-state index contributed by atoms with van der Waals surface area (Å²) < 4.78 is 74.9. The Balaban J connectivity index is 2.42. The van der Waals surface area contributed by atoms with E-state index in [0.29, 0.717) is 0 Å². The van der Waals surface area contributed by atoms with Crippen LogP contribution in [0.4, 0.5) is 18.0 Å². The van der Waals surface area contributed by atoms with E-state index in [1.807, 2.05) is 0 Å². The van der Waals surface area contributed by atoms with E-state index in [1.54, 1.807) is 13.8 Å². The minimum absolute atomic E-state index is 0.0471. The van der Waals surface area contributed by atoms with Crippen molar-refractivity contribution in [3.8, 4) is 5.75 Å². The van der Waals surface area contributed by atoms with Gasteiger partial charge in [-0.3, -0.25) is 0 Å². The lowest BCUT2D eigenvalue weighted by molar-refractivity contribution is -0.191. The number of benzene rings is 1. The highest BCUT2D eigenvalue weighted by molar-refractivity contribution is 7.89. The van der Waals surface area contributed by atoms with Gasteiger partial charge in [0, 0.05) is 12.1 Å². The zero-order chi connectivity index (χ0) is 19.7. The first-order valence-electron chi connectivity index (χ1n) is 7.39. The summed E-state index contributed by atoms with van der Waals surface area (Å²) in [5, 5.41) is 8.61. The molecule has 0 spiro atoms. The van der Waals surface area contributed by atoms with Crippen LogP contribution in [-0.4, -0.2) is 38.5 Å². The van der Waals surface area contributed by atoms with Crippen LogP contribution in [0.25, 0.3) is 6.08 Å². The summed E-state index contributed by atoms with van der Waals surface area (Å²) in [7, 11) is -3.89. The second-order valence-corrected chi connectivity index (χ2v) is 7.67. The molecule has 1 unspecified atom stereocenters. The first kappa shape index (κ1) is 20.0. The number of alkyl halides is 3. The fraction of sp³-hybridized carbons (Fsp3) is 0.400. The number of sulfonamides is 1. The molecule has 0 aliphatic carbocycles. The number of hydrogen-bond donors (Lipinski definition) is 2. The second-order valence-electron chi connectivity index (χ2n) is 5.90. The Morgan fingerprint density at radius 1 is 1.38 bits per heavy atom. The summed E-state index contributed by atoms with van der Waals surface area (Å²) in [4.78, 5) is 10.4. The van der Waals surface area contributed by atoms with E-state index in [4.69, 9.17) is 9.84 Å². The molecule has 2 rings (SSSR count). The van der Waals surface area contributed by atoms with Crippen LogP contribution >= 0.6 is 0 Å². The molecular weight excluding hydrogens is 379 g/mol. The molecule has 1 aromatic rings. The zero-order valence-electron chi connectivity index (χ0n) is 13.7. The minimum Gasteiger partial charge on any atom is -0.472 e. The van der Waals surface area contributed by atoms with Crippen molar-refractivity contribution in [3.05, 3.63) is 29.5 Å². The molecule has 7 nitrogen and oxygen atoms in total. The third-order valence-corrected chi connectivity index (χ3v) is 4.70. The van der Waals surface area contributed by atoms with Crippen molar-refractivity contribution in [2.75, 3.05) is 6.54 Å². The minimum atomic E-state index is -4.91. The highest BCUT2D eigenvalue weighted by Crippen LogP contribution is 2.38. The average Bonchev–Trinajstić information content (AvgIpc) is 2.50. The van der Waals surface area contributed by atoms with Gasteiger partial charge >= 0.3 is 12.3 Å². The summed E-state index contributed by atoms with van der Waals surface area (Å²) in [6.45, 7) is 3.78. The van der Waals surface area contributed by atoms with Crippen molar-refractivity contribution >= 4 is 22.3 Å². The third-order valence-electron chi connectivity index (χ3n) is 3.28. The number of rotatable bonds is 5. The number of carboxylic acid groups (broad SMARTS) is 1. The molecule has 1 heterocycles. The van der Waals surface area contributed by atoms with Crippen LogP contribution in [0.1, 0.15) is 19.4 Å². The lowest BCUT2D eigenvalue weighted by Gasteiger charge is -2.27. The lowest BCUT2D eigenvalue weighted by Crippen LogP contribution is -2.39. The number of hydrogen-bond acceptors (Lipinski definition) is 5. The van der Waals surface area contributed by atoms with Gasteiger partial charge in [-0.2, -0.15) is 13.2 Å². The van der Waals surface area contributed by atoms with Gasteiger partial charge < -0.3 is 14.6 Å². The Labute approximate surface area is 147 Å². The van der Waals surface area contributed by atoms with Gasteiger partial charge in [-0.1, -0.05) is 13.8 Å². The van der Waals surface area contributed by atoms with Gasteiger partial charge in [0.25, 0.3) is 6.10 Å². The van der Waals surface area contributed by atoms with Gasteiger partial charge in [0.15, 0.2) is 5.76 Å². The highest BCUT2D eigenvalue weighted by Gasteiger charge is 2.48. The molecule has 1 aromatic carbocycles. The number of ether oxygens (including phenoxy) is 2. The van der Waals surface area contributed by atoms with E-state index in [0.717, 1.165) is 24.3 Å². The van der Waals surface area contributed by atoms with Crippen molar-refractivity contribution < 1.29 is 41.0 Å². The lowest BCUT2D eigenvalue weighted by atomic mass is 10.1. The summed E-state index contributed by atoms with van der Waals surface area (Å²) in [6.07, 6.45) is -8.66. The Hall–Kier alpha value is -2.27. The molecule has 144 valence electrons. The van der Waals surface area contributed by atoms with E-state index in [1.165, 1.54) is 0 Å². The summed E-state index contributed by atoms with van der Waals surface area (Å²) >= 11 is 0. The van der Waals surface area contributed by atoms with Gasteiger partial charge in [0.2, 0.25) is 10.0 Å². The van der Waals surface area contributed by atoms with Crippen molar-refractivity contribution in [3.63, 3.8) is 0 Å². The van der Waals surface area contributed by atoms with Gasteiger partial charge in [-0.25, -0.2) is 17.9 Å². The Morgan fingerprint density at radius 3 is 2.58 bits per heavy atom. The normalized spacial score (nSPS) is 17.3. The predicted octanol–water partition coefficient (Wildman–Crippen LogP) is 2.98. The highest BCUT2D eigenvalue weighted by atomic mass is 32.2. The van der Waals surface area contributed by atoms with Gasteiger partial charge in [0.1, 0.15) is 5.75 Å². The predicted molar refractivity (Wildman–Crippen MR) is 84.0 cm³/mol.